The molecule has 0 amide bonds. The first-order valence-electron chi connectivity index (χ1n) is 8.87. The Morgan fingerprint density at radius 2 is 1.97 bits per heavy atom. The molecular formula is C20H17ClN4O4S. The molecule has 0 aliphatic carbocycles. The average Bonchev–Trinajstić information content (AvgIpc) is 3.11. The van der Waals surface area contributed by atoms with Gasteiger partial charge in [-0.3, -0.25) is 10.1 Å². The van der Waals surface area contributed by atoms with Crippen LogP contribution in [0.2, 0.25) is 5.02 Å². The van der Waals surface area contributed by atoms with E-state index in [1.807, 2.05) is 19.1 Å². The topological polar surface area (TPSA) is 111 Å². The van der Waals surface area contributed by atoms with Crippen molar-refractivity contribution < 1.29 is 14.8 Å². The molecule has 3 rings (SSSR count). The van der Waals surface area contributed by atoms with Gasteiger partial charge in [-0.1, -0.05) is 23.7 Å². The van der Waals surface area contributed by atoms with Gasteiger partial charge >= 0.3 is 5.97 Å². The van der Waals surface area contributed by atoms with Crippen molar-refractivity contribution >= 4 is 41.1 Å². The second-order valence-electron chi connectivity index (χ2n) is 6.28. The monoisotopic (exact) mass is 444 g/mol. The molecule has 0 aliphatic heterocycles. The summed E-state index contributed by atoms with van der Waals surface area (Å²) in [7, 11) is 0. The number of aliphatic carboxylic acids is 1. The lowest BCUT2D eigenvalue weighted by Gasteiger charge is -2.08. The highest BCUT2D eigenvalue weighted by molar-refractivity contribution is 8.04. The first kappa shape index (κ1) is 21.5. The highest BCUT2D eigenvalue weighted by Crippen LogP contribution is 2.31. The maximum Gasteiger partial charge on any atom is 0.342 e. The fourth-order valence-corrected chi connectivity index (χ4v) is 3.77. The van der Waals surface area contributed by atoms with E-state index in [9.17, 15) is 20.0 Å². The Hall–Kier alpha value is -3.17. The minimum absolute atomic E-state index is 0.0297. The molecular weight excluding hydrogens is 428 g/mol. The molecule has 0 unspecified atom stereocenters. The number of thioether (sulfide) groups is 1. The van der Waals surface area contributed by atoms with Gasteiger partial charge in [-0.15, -0.1) is 10.2 Å². The lowest BCUT2D eigenvalue weighted by molar-refractivity contribution is -0.385. The Balaban J connectivity index is 1.97. The molecule has 8 nitrogen and oxygen atoms in total. The molecule has 1 heterocycles. The maximum absolute atomic E-state index is 11.8. The predicted molar refractivity (Wildman–Crippen MR) is 115 cm³/mol. The van der Waals surface area contributed by atoms with Gasteiger partial charge in [0.25, 0.3) is 5.69 Å². The van der Waals surface area contributed by atoms with Crippen LogP contribution in [0, 0.1) is 17.0 Å². The van der Waals surface area contributed by atoms with Gasteiger partial charge in [0, 0.05) is 28.8 Å². The van der Waals surface area contributed by atoms with Crippen LogP contribution in [0.3, 0.4) is 0 Å². The summed E-state index contributed by atoms with van der Waals surface area (Å²) < 4.78 is 1.79. The third-order valence-electron chi connectivity index (χ3n) is 4.28. The highest BCUT2D eigenvalue weighted by Gasteiger charge is 2.19. The molecule has 0 radical (unpaired) electrons. The molecule has 0 aliphatic rings. The molecule has 3 aromatic rings. The van der Waals surface area contributed by atoms with Crippen molar-refractivity contribution in [2.45, 2.75) is 25.5 Å². The number of carbonyl (C=O) groups is 1. The van der Waals surface area contributed by atoms with Crippen molar-refractivity contribution in [3.63, 3.8) is 0 Å². The van der Waals surface area contributed by atoms with E-state index in [4.69, 9.17) is 11.6 Å². The largest absolute Gasteiger partial charge is 0.477 e. The Kier molecular flexibility index (Phi) is 6.53. The summed E-state index contributed by atoms with van der Waals surface area (Å²) in [4.78, 5) is 22.4. The lowest BCUT2D eigenvalue weighted by Crippen LogP contribution is -2.03. The summed E-state index contributed by atoms with van der Waals surface area (Å²) >= 11 is 6.87. The van der Waals surface area contributed by atoms with Crippen LogP contribution in [-0.4, -0.2) is 30.8 Å². The molecule has 154 valence electrons. The van der Waals surface area contributed by atoms with E-state index >= 15 is 0 Å². The molecule has 1 N–H and O–H groups in total. The van der Waals surface area contributed by atoms with Gasteiger partial charge in [0.05, 0.1) is 4.92 Å². The van der Waals surface area contributed by atoms with Crippen LogP contribution >= 0.6 is 23.4 Å². The summed E-state index contributed by atoms with van der Waals surface area (Å²) in [6, 6.07) is 11.7. The average molecular weight is 445 g/mol. The first-order chi connectivity index (χ1) is 14.3. The minimum Gasteiger partial charge on any atom is -0.477 e. The fourth-order valence-electron chi connectivity index (χ4n) is 2.76. The summed E-state index contributed by atoms with van der Waals surface area (Å²) in [6.07, 6.45) is 1.39. The molecule has 2 aromatic carbocycles. The maximum atomic E-state index is 11.8. The van der Waals surface area contributed by atoms with Crippen LogP contribution in [0.15, 0.2) is 52.5 Å². The van der Waals surface area contributed by atoms with Gasteiger partial charge in [-0.25, -0.2) is 4.79 Å². The van der Waals surface area contributed by atoms with Crippen molar-refractivity contribution in [1.82, 2.24) is 14.8 Å². The summed E-state index contributed by atoms with van der Waals surface area (Å²) in [6.45, 7) is 4.05. The van der Waals surface area contributed by atoms with E-state index in [1.165, 1.54) is 12.1 Å². The van der Waals surface area contributed by atoms with E-state index in [-0.39, 0.29) is 10.6 Å². The Morgan fingerprint density at radius 1 is 1.27 bits per heavy atom. The van der Waals surface area contributed by atoms with Crippen molar-refractivity contribution in [2.24, 2.45) is 0 Å². The lowest BCUT2D eigenvalue weighted by atomic mass is 10.1. The summed E-state index contributed by atoms with van der Waals surface area (Å²) in [5.41, 5.74) is 1.65. The number of nitro benzene ring substituents is 1. The molecule has 0 saturated heterocycles. The molecule has 0 atom stereocenters. The number of rotatable bonds is 7. The van der Waals surface area contributed by atoms with Gasteiger partial charge in [0.15, 0.2) is 11.0 Å². The predicted octanol–water partition coefficient (Wildman–Crippen LogP) is 5.05. The molecule has 0 fully saturated rings. The molecule has 10 heteroatoms. The van der Waals surface area contributed by atoms with Crippen LogP contribution in [-0.2, 0) is 11.3 Å². The number of benzene rings is 2. The third-order valence-corrected chi connectivity index (χ3v) is 5.52. The van der Waals surface area contributed by atoms with E-state index in [1.54, 1.807) is 35.8 Å². The summed E-state index contributed by atoms with van der Waals surface area (Å²) in [5, 5.41) is 30.1. The first-order valence-corrected chi connectivity index (χ1v) is 10.1. The number of hydrogen-bond donors (Lipinski definition) is 1. The van der Waals surface area contributed by atoms with Crippen molar-refractivity contribution in [3.05, 3.63) is 73.6 Å². The zero-order valence-corrected chi connectivity index (χ0v) is 17.6. The Bertz CT molecular complexity index is 1140. The van der Waals surface area contributed by atoms with E-state index in [0.717, 1.165) is 17.3 Å². The molecule has 30 heavy (non-hydrogen) atoms. The smallest absolute Gasteiger partial charge is 0.342 e. The number of nitrogens with zero attached hydrogens (tertiary/aromatic N) is 4. The number of carboxylic acid groups (broad SMARTS) is 1. The van der Waals surface area contributed by atoms with Gasteiger partial charge < -0.3 is 9.67 Å². The van der Waals surface area contributed by atoms with E-state index < -0.39 is 10.9 Å². The third kappa shape index (κ3) is 4.69. The SMILES string of the molecule is CCn1c(S/C(=C/c2ccc(C)c([N+](=O)[O-])c2)C(=O)O)nnc1-c1ccc(Cl)cc1. The van der Waals surface area contributed by atoms with Crippen molar-refractivity contribution in [2.75, 3.05) is 0 Å². The standard InChI is InChI=1S/C20H17ClN4O4S/c1-3-24-18(14-6-8-15(21)9-7-14)22-23-20(24)30-17(19(26)27)11-13-5-4-12(2)16(10-13)25(28)29/h4-11H,3H2,1-2H3,(H,26,27)/b17-11+. The molecule has 0 bridgehead atoms. The van der Waals surface area contributed by atoms with Crippen molar-refractivity contribution in [3.8, 4) is 11.4 Å². The highest BCUT2D eigenvalue weighted by atomic mass is 35.5. The second kappa shape index (κ2) is 9.10. The van der Waals surface area contributed by atoms with Crippen LogP contribution < -0.4 is 0 Å². The minimum atomic E-state index is -1.16. The number of carboxylic acids is 1. The van der Waals surface area contributed by atoms with Gasteiger partial charge in [0.2, 0.25) is 0 Å². The van der Waals surface area contributed by atoms with Crippen LogP contribution in [0.4, 0.5) is 5.69 Å². The number of halogens is 1. The Labute approximate surface area is 181 Å². The van der Waals surface area contributed by atoms with Gasteiger partial charge in [-0.05, 0) is 61.5 Å². The fraction of sp³-hybridized carbons (Fsp3) is 0.150. The number of aromatic nitrogens is 3. The number of hydrogen-bond acceptors (Lipinski definition) is 6. The quantitative estimate of drug-likeness (QED) is 0.235. The second-order valence-corrected chi connectivity index (χ2v) is 7.72. The van der Waals surface area contributed by atoms with E-state index in [2.05, 4.69) is 10.2 Å². The molecule has 1 aromatic heterocycles. The number of nitro groups is 1. The van der Waals surface area contributed by atoms with E-state index in [0.29, 0.717) is 33.7 Å². The normalized spacial score (nSPS) is 11.5. The number of aryl methyl sites for hydroxylation is 1. The van der Waals surface area contributed by atoms with Crippen molar-refractivity contribution in [1.29, 1.82) is 0 Å². The summed E-state index contributed by atoms with van der Waals surface area (Å²) in [5.74, 6) is -0.575. The molecule has 0 spiro atoms. The van der Waals surface area contributed by atoms with Crippen LogP contribution in [0.1, 0.15) is 18.1 Å². The zero-order valence-electron chi connectivity index (χ0n) is 16.1. The Morgan fingerprint density at radius 3 is 2.57 bits per heavy atom. The van der Waals surface area contributed by atoms with Gasteiger partial charge in [0.1, 0.15) is 4.91 Å². The zero-order chi connectivity index (χ0) is 21.8. The van der Waals surface area contributed by atoms with Crippen LogP contribution in [0.25, 0.3) is 17.5 Å². The van der Waals surface area contributed by atoms with Gasteiger partial charge in [-0.2, -0.15) is 0 Å². The molecule has 0 saturated carbocycles. The van der Waals surface area contributed by atoms with Crippen LogP contribution in [0.5, 0.6) is 0 Å².